The summed E-state index contributed by atoms with van der Waals surface area (Å²) in [5, 5.41) is 9.24. The van der Waals surface area contributed by atoms with Crippen molar-refractivity contribution >= 4 is 23.4 Å². The first-order valence-electron chi connectivity index (χ1n) is 6.48. The Morgan fingerprint density at radius 1 is 1.30 bits per heavy atom. The summed E-state index contributed by atoms with van der Waals surface area (Å²) in [7, 11) is 0. The van der Waals surface area contributed by atoms with Crippen LogP contribution >= 0.6 is 0 Å². The van der Waals surface area contributed by atoms with Crippen LogP contribution in [0.25, 0.3) is 0 Å². The second-order valence-corrected chi connectivity index (χ2v) is 4.79. The molecule has 2 heterocycles. The van der Waals surface area contributed by atoms with Crippen molar-refractivity contribution in [1.29, 1.82) is 0 Å². The van der Waals surface area contributed by atoms with Gasteiger partial charge in [-0.15, -0.1) is 0 Å². The lowest BCUT2D eigenvalue weighted by Gasteiger charge is -2.23. The number of aromatic nitrogens is 1. The molecule has 7 heteroatoms. The van der Waals surface area contributed by atoms with Gasteiger partial charge in [0.05, 0.1) is 11.9 Å². The van der Waals surface area contributed by atoms with Gasteiger partial charge in [-0.1, -0.05) is 0 Å². The molecule has 0 saturated carbocycles. The SMILES string of the molecule is CC(=O)N1CCCN(c2ncc(N)cc2C(=O)O)CC1. The van der Waals surface area contributed by atoms with Gasteiger partial charge < -0.3 is 20.6 Å². The Morgan fingerprint density at radius 2 is 2.05 bits per heavy atom. The molecule has 2 rings (SSSR count). The summed E-state index contributed by atoms with van der Waals surface area (Å²) in [6, 6.07) is 1.41. The lowest BCUT2D eigenvalue weighted by atomic mass is 10.2. The van der Waals surface area contributed by atoms with E-state index in [1.54, 1.807) is 11.8 Å². The molecule has 3 N–H and O–H groups in total. The van der Waals surface area contributed by atoms with Gasteiger partial charge in [-0.05, 0) is 12.5 Å². The second kappa shape index (κ2) is 5.77. The zero-order valence-corrected chi connectivity index (χ0v) is 11.4. The topological polar surface area (TPSA) is 99.8 Å². The van der Waals surface area contributed by atoms with Crippen LogP contribution in [0.2, 0.25) is 0 Å². The molecule has 0 aromatic carbocycles. The summed E-state index contributed by atoms with van der Waals surface area (Å²) < 4.78 is 0. The van der Waals surface area contributed by atoms with E-state index in [1.807, 2.05) is 4.90 Å². The lowest BCUT2D eigenvalue weighted by Crippen LogP contribution is -2.34. The number of carbonyl (C=O) groups excluding carboxylic acids is 1. The monoisotopic (exact) mass is 278 g/mol. The van der Waals surface area contributed by atoms with Gasteiger partial charge in [0, 0.05) is 33.1 Å². The molecule has 1 saturated heterocycles. The number of nitrogens with zero attached hydrogens (tertiary/aromatic N) is 3. The highest BCUT2D eigenvalue weighted by molar-refractivity contribution is 5.94. The Kier molecular flexibility index (Phi) is 4.07. The number of hydrogen-bond donors (Lipinski definition) is 2. The van der Waals surface area contributed by atoms with Crippen molar-refractivity contribution in [1.82, 2.24) is 9.88 Å². The van der Waals surface area contributed by atoms with E-state index in [0.29, 0.717) is 37.7 Å². The van der Waals surface area contributed by atoms with Crippen molar-refractivity contribution in [2.45, 2.75) is 13.3 Å². The maximum Gasteiger partial charge on any atom is 0.339 e. The highest BCUT2D eigenvalue weighted by Gasteiger charge is 2.22. The first kappa shape index (κ1) is 14.1. The summed E-state index contributed by atoms with van der Waals surface area (Å²) in [4.78, 5) is 30.5. The molecule has 1 fully saturated rings. The van der Waals surface area contributed by atoms with E-state index in [1.165, 1.54) is 12.3 Å². The molecule has 7 nitrogen and oxygen atoms in total. The summed E-state index contributed by atoms with van der Waals surface area (Å²) in [6.45, 7) is 4.03. The van der Waals surface area contributed by atoms with E-state index in [0.717, 1.165) is 6.42 Å². The Bertz CT molecular complexity index is 532. The minimum atomic E-state index is -1.05. The molecule has 1 aliphatic heterocycles. The molecule has 0 radical (unpaired) electrons. The standard InChI is InChI=1S/C13H18N4O3/c1-9(18)16-3-2-4-17(6-5-16)12-11(13(19)20)7-10(14)8-15-12/h7-8H,2-6,14H2,1H3,(H,19,20). The Hall–Kier alpha value is -2.31. The number of rotatable bonds is 2. The summed E-state index contributed by atoms with van der Waals surface area (Å²) in [5.41, 5.74) is 6.01. The number of anilines is 2. The van der Waals surface area contributed by atoms with Crippen molar-refractivity contribution in [3.63, 3.8) is 0 Å². The number of carboxylic acids is 1. The normalized spacial score (nSPS) is 15.8. The van der Waals surface area contributed by atoms with Gasteiger partial charge in [0.1, 0.15) is 11.4 Å². The number of carboxylic acid groups (broad SMARTS) is 1. The summed E-state index contributed by atoms with van der Waals surface area (Å²) in [6.07, 6.45) is 2.24. The van der Waals surface area contributed by atoms with Crippen LogP contribution in [0, 0.1) is 0 Å². The van der Waals surface area contributed by atoms with Crippen LogP contribution in [-0.4, -0.2) is 53.0 Å². The molecule has 108 valence electrons. The van der Waals surface area contributed by atoms with Crippen molar-refractivity contribution < 1.29 is 14.7 Å². The Labute approximate surface area is 117 Å². The number of amides is 1. The number of hydrogen-bond acceptors (Lipinski definition) is 5. The highest BCUT2D eigenvalue weighted by Crippen LogP contribution is 2.21. The molecule has 0 unspecified atom stereocenters. The Balaban J connectivity index is 2.23. The first-order chi connectivity index (χ1) is 9.49. The van der Waals surface area contributed by atoms with E-state index in [2.05, 4.69) is 4.98 Å². The molecule has 1 aromatic heterocycles. The lowest BCUT2D eigenvalue weighted by molar-refractivity contribution is -0.128. The molecule has 0 atom stereocenters. The molecule has 1 amide bonds. The predicted octanol–water partition coefficient (Wildman–Crippen LogP) is 0.421. The van der Waals surface area contributed by atoms with Gasteiger partial charge in [0.2, 0.25) is 5.91 Å². The van der Waals surface area contributed by atoms with E-state index in [4.69, 9.17) is 5.73 Å². The number of carbonyl (C=O) groups is 2. The zero-order valence-electron chi connectivity index (χ0n) is 11.4. The number of aromatic carboxylic acids is 1. The summed E-state index contributed by atoms with van der Waals surface area (Å²) >= 11 is 0. The average molecular weight is 278 g/mol. The predicted molar refractivity (Wildman–Crippen MR) is 74.7 cm³/mol. The van der Waals surface area contributed by atoms with Crippen LogP contribution in [0.4, 0.5) is 11.5 Å². The summed E-state index contributed by atoms with van der Waals surface area (Å²) in [5.74, 6) is -0.597. The second-order valence-electron chi connectivity index (χ2n) is 4.79. The zero-order chi connectivity index (χ0) is 14.7. The molecular formula is C13H18N4O3. The van der Waals surface area contributed by atoms with Crippen LogP contribution in [0.15, 0.2) is 12.3 Å². The van der Waals surface area contributed by atoms with Gasteiger partial charge in [0.15, 0.2) is 0 Å². The average Bonchev–Trinajstić information content (AvgIpc) is 2.64. The highest BCUT2D eigenvalue weighted by atomic mass is 16.4. The van der Waals surface area contributed by atoms with Crippen LogP contribution in [0.1, 0.15) is 23.7 Å². The minimum absolute atomic E-state index is 0.0376. The fourth-order valence-electron chi connectivity index (χ4n) is 2.33. The molecular weight excluding hydrogens is 260 g/mol. The number of nitrogens with two attached hydrogens (primary N) is 1. The third kappa shape index (κ3) is 2.98. The van der Waals surface area contributed by atoms with E-state index < -0.39 is 5.97 Å². The molecule has 0 bridgehead atoms. The number of pyridine rings is 1. The third-order valence-electron chi connectivity index (χ3n) is 3.36. The fourth-order valence-corrected chi connectivity index (χ4v) is 2.33. The molecule has 20 heavy (non-hydrogen) atoms. The van der Waals surface area contributed by atoms with Crippen molar-refractivity contribution in [3.05, 3.63) is 17.8 Å². The minimum Gasteiger partial charge on any atom is -0.478 e. The smallest absolute Gasteiger partial charge is 0.339 e. The van der Waals surface area contributed by atoms with Crippen LogP contribution in [-0.2, 0) is 4.79 Å². The maximum absolute atomic E-state index is 11.4. The first-order valence-corrected chi connectivity index (χ1v) is 6.48. The van der Waals surface area contributed by atoms with Gasteiger partial charge in [0.25, 0.3) is 0 Å². The third-order valence-corrected chi connectivity index (χ3v) is 3.36. The molecule has 0 aliphatic carbocycles. The van der Waals surface area contributed by atoms with E-state index in [9.17, 15) is 14.7 Å². The van der Waals surface area contributed by atoms with Crippen molar-refractivity contribution in [2.24, 2.45) is 0 Å². The van der Waals surface area contributed by atoms with Crippen molar-refractivity contribution in [3.8, 4) is 0 Å². The fraction of sp³-hybridized carbons (Fsp3) is 0.462. The van der Waals surface area contributed by atoms with Crippen LogP contribution in [0.5, 0.6) is 0 Å². The van der Waals surface area contributed by atoms with Gasteiger partial charge in [-0.3, -0.25) is 4.79 Å². The van der Waals surface area contributed by atoms with E-state index in [-0.39, 0.29) is 11.5 Å². The molecule has 1 aromatic rings. The maximum atomic E-state index is 11.4. The Morgan fingerprint density at radius 3 is 2.70 bits per heavy atom. The van der Waals surface area contributed by atoms with Crippen LogP contribution < -0.4 is 10.6 Å². The molecule has 0 spiro atoms. The van der Waals surface area contributed by atoms with Gasteiger partial charge in [-0.2, -0.15) is 0 Å². The van der Waals surface area contributed by atoms with Gasteiger partial charge in [-0.25, -0.2) is 9.78 Å². The van der Waals surface area contributed by atoms with Gasteiger partial charge >= 0.3 is 5.97 Å². The quantitative estimate of drug-likeness (QED) is 0.813. The number of nitrogen functional groups attached to an aromatic ring is 1. The van der Waals surface area contributed by atoms with E-state index >= 15 is 0 Å². The molecule has 1 aliphatic rings. The largest absolute Gasteiger partial charge is 0.478 e. The van der Waals surface area contributed by atoms with Crippen molar-refractivity contribution in [2.75, 3.05) is 36.8 Å². The van der Waals surface area contributed by atoms with Crippen LogP contribution in [0.3, 0.4) is 0 Å².